The number of nitrogens with zero attached hydrogens (tertiary/aromatic N) is 1. The molecular formula is C19H19NO4. The van der Waals surface area contributed by atoms with Crippen molar-refractivity contribution in [2.75, 3.05) is 0 Å². The van der Waals surface area contributed by atoms with Crippen molar-refractivity contribution < 1.29 is 19.1 Å². The monoisotopic (exact) mass is 325 g/mol. The van der Waals surface area contributed by atoms with Gasteiger partial charge >= 0.3 is 11.9 Å². The van der Waals surface area contributed by atoms with Gasteiger partial charge in [-0.2, -0.15) is 0 Å². The van der Waals surface area contributed by atoms with Crippen LogP contribution >= 0.6 is 0 Å². The quantitative estimate of drug-likeness (QED) is 0.492. The van der Waals surface area contributed by atoms with Gasteiger partial charge in [-0.3, -0.25) is 14.6 Å². The van der Waals surface area contributed by atoms with Gasteiger partial charge in [0.1, 0.15) is 0 Å². The van der Waals surface area contributed by atoms with E-state index in [2.05, 4.69) is 11.6 Å². The Bertz CT molecular complexity index is 834. The lowest BCUT2D eigenvalue weighted by Gasteiger charge is -2.40. The molecule has 1 aromatic carbocycles. The highest BCUT2D eigenvalue weighted by molar-refractivity contribution is 6.10. The van der Waals surface area contributed by atoms with Crippen LogP contribution in [0.3, 0.4) is 0 Å². The molecule has 0 amide bonds. The van der Waals surface area contributed by atoms with Gasteiger partial charge in [-0.05, 0) is 31.0 Å². The molecule has 1 aliphatic heterocycles. The van der Waals surface area contributed by atoms with E-state index in [1.54, 1.807) is 6.07 Å². The van der Waals surface area contributed by atoms with Crippen molar-refractivity contribution in [3.05, 3.63) is 54.2 Å². The molecule has 1 aliphatic rings. The number of hydrogen-bond donors (Lipinski definition) is 0. The average Bonchev–Trinajstić information content (AvgIpc) is 2.49. The van der Waals surface area contributed by atoms with Crippen molar-refractivity contribution in [1.29, 1.82) is 0 Å². The lowest BCUT2D eigenvalue weighted by atomic mass is 9.75. The van der Waals surface area contributed by atoms with E-state index in [0.29, 0.717) is 16.8 Å². The molecule has 0 bridgehead atoms. The lowest BCUT2D eigenvalue weighted by Crippen LogP contribution is -2.56. The van der Waals surface area contributed by atoms with Crippen molar-refractivity contribution in [1.82, 2.24) is 4.98 Å². The fourth-order valence-corrected chi connectivity index (χ4v) is 3.10. The molecule has 0 spiro atoms. The van der Waals surface area contributed by atoms with E-state index in [4.69, 9.17) is 9.47 Å². The Balaban J connectivity index is 2.32. The predicted octanol–water partition coefficient (Wildman–Crippen LogP) is 3.19. The molecule has 0 aliphatic carbocycles. The van der Waals surface area contributed by atoms with Gasteiger partial charge in [0.25, 0.3) is 5.79 Å². The highest BCUT2D eigenvalue weighted by atomic mass is 16.7. The molecule has 1 fully saturated rings. The highest BCUT2D eigenvalue weighted by Gasteiger charge is 2.57. The molecule has 0 N–H and O–H groups in total. The molecule has 5 nitrogen and oxygen atoms in total. The van der Waals surface area contributed by atoms with E-state index in [-0.39, 0.29) is 6.42 Å². The van der Waals surface area contributed by atoms with Gasteiger partial charge in [-0.15, -0.1) is 6.58 Å². The summed E-state index contributed by atoms with van der Waals surface area (Å²) in [6, 6.07) is 9.12. The van der Waals surface area contributed by atoms with Crippen molar-refractivity contribution in [2.24, 2.45) is 0 Å². The van der Waals surface area contributed by atoms with E-state index in [0.717, 1.165) is 5.39 Å². The molecule has 5 heteroatoms. The number of esters is 2. The Kier molecular flexibility index (Phi) is 3.67. The molecule has 1 saturated heterocycles. The van der Waals surface area contributed by atoms with Gasteiger partial charge in [0.2, 0.25) is 0 Å². The smallest absolute Gasteiger partial charge is 0.331 e. The largest absolute Gasteiger partial charge is 0.422 e. The molecule has 2 aromatic rings. The molecule has 2 heterocycles. The van der Waals surface area contributed by atoms with Crippen molar-refractivity contribution in [3.8, 4) is 0 Å². The Morgan fingerprint density at radius 3 is 2.42 bits per heavy atom. The topological polar surface area (TPSA) is 65.5 Å². The molecule has 0 radical (unpaired) electrons. The Hall–Kier alpha value is -2.69. The standard InChI is InChI=1S/C19H19NO4/c1-5-10-19(16(21)23-18(3,4)24-17(19)22)14-11-12(2)20-15-9-7-6-8-13(14)15/h5-9,11H,1,10H2,2-4H3. The predicted molar refractivity (Wildman–Crippen MR) is 89.2 cm³/mol. The molecule has 0 atom stereocenters. The second kappa shape index (κ2) is 5.44. The number of carbonyl (C=O) groups is 2. The van der Waals surface area contributed by atoms with Crippen LogP contribution in [0.25, 0.3) is 10.9 Å². The van der Waals surface area contributed by atoms with E-state index in [1.807, 2.05) is 31.2 Å². The van der Waals surface area contributed by atoms with Crippen LogP contribution in [0, 0.1) is 6.92 Å². The minimum atomic E-state index is -1.56. The van der Waals surface area contributed by atoms with Gasteiger partial charge in [0.15, 0.2) is 5.41 Å². The normalized spacial score (nSPS) is 18.8. The molecule has 24 heavy (non-hydrogen) atoms. The number of para-hydroxylation sites is 1. The second-order valence-electron chi connectivity index (χ2n) is 6.41. The summed E-state index contributed by atoms with van der Waals surface area (Å²) in [5, 5.41) is 0.721. The number of rotatable bonds is 3. The number of allylic oxidation sites excluding steroid dienone is 1. The number of aryl methyl sites for hydroxylation is 1. The first-order valence-electron chi connectivity index (χ1n) is 7.75. The van der Waals surface area contributed by atoms with E-state index < -0.39 is 23.1 Å². The minimum absolute atomic E-state index is 0.0915. The van der Waals surface area contributed by atoms with Gasteiger partial charge in [-0.25, -0.2) is 0 Å². The third-order valence-corrected chi connectivity index (χ3v) is 4.13. The fourth-order valence-electron chi connectivity index (χ4n) is 3.10. The van der Waals surface area contributed by atoms with Gasteiger partial charge in [0, 0.05) is 24.9 Å². The van der Waals surface area contributed by atoms with Crippen LogP contribution in [0.2, 0.25) is 0 Å². The maximum Gasteiger partial charge on any atom is 0.331 e. The Morgan fingerprint density at radius 2 is 1.79 bits per heavy atom. The van der Waals surface area contributed by atoms with Crippen LogP contribution in [0.15, 0.2) is 43.0 Å². The summed E-state index contributed by atoms with van der Waals surface area (Å²) in [5.41, 5.74) is 0.389. The third-order valence-electron chi connectivity index (χ3n) is 4.13. The summed E-state index contributed by atoms with van der Waals surface area (Å²) < 4.78 is 10.8. The van der Waals surface area contributed by atoms with Crippen LogP contribution in [0.1, 0.15) is 31.5 Å². The van der Waals surface area contributed by atoms with Gasteiger partial charge in [0.05, 0.1) is 5.52 Å². The van der Waals surface area contributed by atoms with E-state index in [1.165, 1.54) is 19.9 Å². The summed E-state index contributed by atoms with van der Waals surface area (Å²) in [6.07, 6.45) is 1.62. The molecule has 3 rings (SSSR count). The number of cyclic esters (lactones) is 2. The first-order valence-corrected chi connectivity index (χ1v) is 7.75. The third kappa shape index (κ3) is 2.37. The van der Waals surface area contributed by atoms with Crippen LogP contribution in [-0.2, 0) is 24.5 Å². The van der Waals surface area contributed by atoms with Gasteiger partial charge < -0.3 is 9.47 Å². The molecule has 1 aromatic heterocycles. The Morgan fingerprint density at radius 1 is 1.17 bits per heavy atom. The van der Waals surface area contributed by atoms with Crippen molar-refractivity contribution in [3.63, 3.8) is 0 Å². The number of carbonyl (C=O) groups excluding carboxylic acids is 2. The van der Waals surface area contributed by atoms with Crippen LogP contribution in [-0.4, -0.2) is 22.7 Å². The van der Waals surface area contributed by atoms with Crippen molar-refractivity contribution in [2.45, 2.75) is 38.4 Å². The first-order chi connectivity index (χ1) is 11.3. The lowest BCUT2D eigenvalue weighted by molar-refractivity contribution is -0.243. The summed E-state index contributed by atoms with van der Waals surface area (Å²) in [7, 11) is 0. The van der Waals surface area contributed by atoms with E-state index >= 15 is 0 Å². The molecule has 0 unspecified atom stereocenters. The number of aromatic nitrogens is 1. The molecular weight excluding hydrogens is 306 g/mol. The van der Waals surface area contributed by atoms with E-state index in [9.17, 15) is 9.59 Å². The number of hydrogen-bond acceptors (Lipinski definition) is 5. The SMILES string of the molecule is C=CCC1(c2cc(C)nc3ccccc23)C(=O)OC(C)(C)OC1=O. The zero-order chi connectivity index (χ0) is 17.5. The summed E-state index contributed by atoms with van der Waals surface area (Å²) in [4.78, 5) is 30.3. The number of benzene rings is 1. The molecule has 124 valence electrons. The number of fused-ring (bicyclic) bond motifs is 1. The van der Waals surface area contributed by atoms with Gasteiger partial charge in [-0.1, -0.05) is 24.3 Å². The minimum Gasteiger partial charge on any atom is -0.422 e. The fraction of sp³-hybridized carbons (Fsp3) is 0.316. The van der Waals surface area contributed by atoms with Crippen LogP contribution in [0.4, 0.5) is 0 Å². The number of ether oxygens (including phenoxy) is 2. The van der Waals surface area contributed by atoms with Crippen LogP contribution in [0.5, 0.6) is 0 Å². The summed E-state index contributed by atoms with van der Waals surface area (Å²) >= 11 is 0. The summed E-state index contributed by atoms with van der Waals surface area (Å²) in [5.74, 6) is -2.53. The summed E-state index contributed by atoms with van der Waals surface area (Å²) in [6.45, 7) is 8.60. The zero-order valence-corrected chi connectivity index (χ0v) is 14.0. The highest BCUT2D eigenvalue weighted by Crippen LogP contribution is 2.41. The first kappa shape index (κ1) is 16.2. The maximum atomic E-state index is 12.9. The Labute approximate surface area is 140 Å². The zero-order valence-electron chi connectivity index (χ0n) is 14.0. The average molecular weight is 325 g/mol. The maximum absolute atomic E-state index is 12.9. The molecule has 0 saturated carbocycles. The van der Waals surface area contributed by atoms with Crippen LogP contribution < -0.4 is 0 Å². The van der Waals surface area contributed by atoms with Crippen molar-refractivity contribution >= 4 is 22.8 Å². The number of pyridine rings is 1. The second-order valence-corrected chi connectivity index (χ2v) is 6.41.